The molecule has 1 saturated heterocycles. The number of likely N-dealkylation sites (N-methyl/N-ethyl adjacent to an activating group) is 1. The Morgan fingerprint density at radius 3 is 2.49 bits per heavy atom. The second kappa shape index (κ2) is 11.7. The number of amides is 3. The molecule has 9 nitrogen and oxygen atoms in total. The lowest BCUT2D eigenvalue weighted by molar-refractivity contribution is -0.128. The summed E-state index contributed by atoms with van der Waals surface area (Å²) >= 11 is 2.92. The van der Waals surface area contributed by atoms with Gasteiger partial charge in [-0.15, -0.1) is 0 Å². The molecule has 37 heavy (non-hydrogen) atoms. The number of thiazole rings is 1. The van der Waals surface area contributed by atoms with Gasteiger partial charge in [0.15, 0.2) is 5.13 Å². The van der Waals surface area contributed by atoms with Gasteiger partial charge in [-0.25, -0.2) is 4.98 Å². The zero-order valence-electron chi connectivity index (χ0n) is 21.7. The van der Waals surface area contributed by atoms with E-state index < -0.39 is 0 Å². The molecule has 2 heterocycles. The van der Waals surface area contributed by atoms with Crippen molar-refractivity contribution in [2.45, 2.75) is 28.9 Å². The SMILES string of the molecule is C=C(CN(C)C)C(=O)N1CCN(C(=O)c2cc(Sc3cnc(NC(=O)C4CC4)s3)c(C)cc2OC)CC1. The standard InChI is InChI=1S/C26H33N5O4S2/c1-16-12-20(35-5)19(13-21(16)36-22-14-27-26(37-22)28-23(32)18-6-7-18)25(34)31-10-8-30(9-11-31)24(33)17(2)15-29(3)4/h12-14,18H,2,6-11,15H2,1,3-5H3,(H,27,28,32). The number of nitrogens with one attached hydrogen (secondary N) is 1. The number of carbonyl (C=O) groups is 3. The minimum absolute atomic E-state index is 0.0308. The molecule has 2 aliphatic rings. The van der Waals surface area contributed by atoms with Crippen LogP contribution in [0.25, 0.3) is 0 Å². The molecular formula is C26H33N5O4S2. The molecule has 1 N–H and O–H groups in total. The summed E-state index contributed by atoms with van der Waals surface area (Å²) in [6, 6.07) is 3.73. The van der Waals surface area contributed by atoms with E-state index in [1.54, 1.807) is 23.1 Å². The topological polar surface area (TPSA) is 95.1 Å². The van der Waals surface area contributed by atoms with Gasteiger partial charge in [-0.1, -0.05) is 29.7 Å². The second-order valence-corrected chi connectivity index (χ2v) is 12.0. The summed E-state index contributed by atoms with van der Waals surface area (Å²) in [6.07, 6.45) is 3.62. The molecule has 0 spiro atoms. The van der Waals surface area contributed by atoms with E-state index in [4.69, 9.17) is 4.74 Å². The van der Waals surface area contributed by atoms with Crippen LogP contribution in [-0.4, -0.2) is 91.3 Å². The van der Waals surface area contributed by atoms with Gasteiger partial charge in [-0.05, 0) is 51.6 Å². The van der Waals surface area contributed by atoms with Crippen molar-refractivity contribution in [3.63, 3.8) is 0 Å². The van der Waals surface area contributed by atoms with Gasteiger partial charge in [0.25, 0.3) is 11.8 Å². The van der Waals surface area contributed by atoms with Crippen molar-refractivity contribution in [2.75, 3.05) is 59.2 Å². The summed E-state index contributed by atoms with van der Waals surface area (Å²) in [4.78, 5) is 48.9. The first-order chi connectivity index (χ1) is 17.7. The normalized spacial score (nSPS) is 15.6. The summed E-state index contributed by atoms with van der Waals surface area (Å²) in [7, 11) is 5.36. The molecule has 1 aliphatic carbocycles. The van der Waals surface area contributed by atoms with Crippen LogP contribution in [0.2, 0.25) is 0 Å². The van der Waals surface area contributed by atoms with Crippen LogP contribution in [-0.2, 0) is 9.59 Å². The Kier molecular flexibility index (Phi) is 8.56. The Morgan fingerprint density at radius 1 is 1.19 bits per heavy atom. The zero-order valence-corrected chi connectivity index (χ0v) is 23.3. The van der Waals surface area contributed by atoms with Crippen molar-refractivity contribution in [1.82, 2.24) is 19.7 Å². The fourth-order valence-electron chi connectivity index (χ4n) is 4.09. The maximum absolute atomic E-state index is 13.5. The Labute approximate surface area is 225 Å². The lowest BCUT2D eigenvalue weighted by atomic mass is 10.1. The molecule has 1 aliphatic heterocycles. The number of rotatable bonds is 9. The molecule has 3 amide bonds. The summed E-state index contributed by atoms with van der Waals surface area (Å²) in [5, 5.41) is 3.47. The van der Waals surface area contributed by atoms with Crippen LogP contribution < -0.4 is 10.1 Å². The van der Waals surface area contributed by atoms with Crippen molar-refractivity contribution in [1.29, 1.82) is 0 Å². The lowest BCUT2D eigenvalue weighted by Gasteiger charge is -2.35. The maximum atomic E-state index is 13.5. The minimum Gasteiger partial charge on any atom is -0.496 e. The van der Waals surface area contributed by atoms with Crippen LogP contribution in [0.5, 0.6) is 5.75 Å². The van der Waals surface area contributed by atoms with E-state index in [9.17, 15) is 14.4 Å². The number of nitrogens with zero attached hydrogens (tertiary/aromatic N) is 4. The van der Waals surface area contributed by atoms with Gasteiger partial charge in [-0.2, -0.15) is 0 Å². The number of benzene rings is 1. The molecule has 2 fully saturated rings. The van der Waals surface area contributed by atoms with E-state index in [-0.39, 0.29) is 23.6 Å². The van der Waals surface area contributed by atoms with Crippen LogP contribution >= 0.6 is 23.1 Å². The van der Waals surface area contributed by atoms with Crippen molar-refractivity contribution in [3.8, 4) is 5.75 Å². The van der Waals surface area contributed by atoms with Gasteiger partial charge in [0.1, 0.15) is 5.75 Å². The van der Waals surface area contributed by atoms with Crippen molar-refractivity contribution >= 4 is 46.0 Å². The highest BCUT2D eigenvalue weighted by molar-refractivity contribution is 8.01. The summed E-state index contributed by atoms with van der Waals surface area (Å²) < 4.78 is 6.47. The number of anilines is 1. The third-order valence-electron chi connectivity index (χ3n) is 6.26. The summed E-state index contributed by atoms with van der Waals surface area (Å²) in [5.41, 5.74) is 2.01. The van der Waals surface area contributed by atoms with E-state index in [1.165, 1.54) is 23.1 Å². The van der Waals surface area contributed by atoms with E-state index in [1.807, 2.05) is 38.1 Å². The number of hydrogen-bond acceptors (Lipinski definition) is 8. The van der Waals surface area contributed by atoms with E-state index in [0.717, 1.165) is 27.5 Å². The molecule has 1 aromatic heterocycles. The maximum Gasteiger partial charge on any atom is 0.257 e. The van der Waals surface area contributed by atoms with Gasteiger partial charge in [0.05, 0.1) is 23.1 Å². The van der Waals surface area contributed by atoms with E-state index in [0.29, 0.717) is 54.7 Å². The van der Waals surface area contributed by atoms with E-state index >= 15 is 0 Å². The highest BCUT2D eigenvalue weighted by Gasteiger charge is 2.30. The van der Waals surface area contributed by atoms with Crippen molar-refractivity contribution < 1.29 is 19.1 Å². The predicted molar refractivity (Wildman–Crippen MR) is 145 cm³/mol. The fraction of sp³-hybridized carbons (Fsp3) is 0.462. The lowest BCUT2D eigenvalue weighted by Crippen LogP contribution is -2.51. The zero-order chi connectivity index (χ0) is 26.7. The molecule has 0 bridgehead atoms. The van der Waals surface area contributed by atoms with Crippen LogP contribution in [0.4, 0.5) is 5.13 Å². The van der Waals surface area contributed by atoms with E-state index in [2.05, 4.69) is 16.9 Å². The number of ether oxygens (including phenoxy) is 1. The number of piperazine rings is 1. The highest BCUT2D eigenvalue weighted by Crippen LogP contribution is 2.39. The van der Waals surface area contributed by atoms with Gasteiger partial charge < -0.3 is 24.8 Å². The molecule has 198 valence electrons. The molecule has 4 rings (SSSR count). The number of methoxy groups -OCH3 is 1. The number of hydrogen-bond donors (Lipinski definition) is 1. The third-order valence-corrected chi connectivity index (χ3v) is 8.44. The molecule has 11 heteroatoms. The van der Waals surface area contributed by atoms with Gasteiger partial charge in [0, 0.05) is 49.1 Å². The number of carbonyl (C=O) groups excluding carboxylic acids is 3. The van der Waals surface area contributed by atoms with Gasteiger partial charge >= 0.3 is 0 Å². The second-order valence-electron chi connectivity index (χ2n) is 9.59. The van der Waals surface area contributed by atoms with Gasteiger partial charge in [0.2, 0.25) is 5.91 Å². The Bertz CT molecular complexity index is 1200. The first-order valence-electron chi connectivity index (χ1n) is 12.2. The van der Waals surface area contributed by atoms with Gasteiger partial charge in [-0.3, -0.25) is 14.4 Å². The summed E-state index contributed by atoms with van der Waals surface area (Å²) in [6.45, 7) is 8.20. The first-order valence-corrected chi connectivity index (χ1v) is 13.8. The Hall–Kier alpha value is -2.89. The number of aryl methyl sites for hydroxylation is 1. The Morgan fingerprint density at radius 2 is 1.86 bits per heavy atom. The third kappa shape index (κ3) is 6.71. The average Bonchev–Trinajstić information content (AvgIpc) is 3.64. The predicted octanol–water partition coefficient (Wildman–Crippen LogP) is 3.36. The van der Waals surface area contributed by atoms with Crippen molar-refractivity contribution in [2.24, 2.45) is 5.92 Å². The monoisotopic (exact) mass is 543 g/mol. The fourth-order valence-corrected chi connectivity index (χ4v) is 6.03. The largest absolute Gasteiger partial charge is 0.496 e. The molecule has 2 aromatic rings. The Balaban J connectivity index is 1.43. The van der Waals surface area contributed by atoms with Crippen molar-refractivity contribution in [3.05, 3.63) is 41.6 Å². The highest BCUT2D eigenvalue weighted by atomic mass is 32.2. The summed E-state index contributed by atoms with van der Waals surface area (Å²) in [5.74, 6) is 0.480. The quantitative estimate of drug-likeness (QED) is 0.485. The molecule has 0 unspecified atom stereocenters. The number of aromatic nitrogens is 1. The molecular weight excluding hydrogens is 510 g/mol. The molecule has 0 atom stereocenters. The van der Waals surface area contributed by atoms with Crippen LogP contribution in [0, 0.1) is 12.8 Å². The van der Waals surface area contributed by atoms with Crippen LogP contribution in [0.1, 0.15) is 28.8 Å². The molecule has 0 radical (unpaired) electrons. The van der Waals surface area contributed by atoms with Crippen LogP contribution in [0.3, 0.4) is 0 Å². The minimum atomic E-state index is -0.125. The smallest absolute Gasteiger partial charge is 0.257 e. The first kappa shape index (κ1) is 27.2. The average molecular weight is 544 g/mol. The van der Waals surface area contributed by atoms with Crippen LogP contribution in [0.15, 0.2) is 39.6 Å². The molecule has 1 saturated carbocycles. The molecule has 1 aromatic carbocycles.